The molecule has 0 aromatic carbocycles. The molecule has 0 unspecified atom stereocenters. The average molecular weight is 291 g/mol. The third-order valence-corrected chi connectivity index (χ3v) is 4.59. The van der Waals surface area contributed by atoms with Crippen molar-refractivity contribution in [2.45, 2.75) is 58.4 Å². The molecule has 5 heteroatoms. The molecule has 1 aliphatic rings. The Morgan fingerprint density at radius 3 is 2.57 bits per heavy atom. The molecule has 0 amide bonds. The molecule has 21 heavy (non-hydrogen) atoms. The van der Waals surface area contributed by atoms with Crippen molar-refractivity contribution in [2.75, 3.05) is 29.5 Å². The second-order valence-electron chi connectivity index (χ2n) is 6.09. The molecule has 0 spiro atoms. The maximum Gasteiger partial charge on any atom is 0.223 e. The SMILES string of the molecule is CCCNc1cc(N(C)C2CCC(CC)CC2)nc(N)n1. The van der Waals surface area contributed by atoms with E-state index in [0.717, 1.165) is 30.5 Å². The normalized spacial score (nSPS) is 22.0. The van der Waals surface area contributed by atoms with Crippen LogP contribution in [0.5, 0.6) is 0 Å². The van der Waals surface area contributed by atoms with Crippen LogP contribution in [0, 0.1) is 5.92 Å². The van der Waals surface area contributed by atoms with Crippen molar-refractivity contribution in [3.8, 4) is 0 Å². The van der Waals surface area contributed by atoms with Crippen molar-refractivity contribution in [3.63, 3.8) is 0 Å². The summed E-state index contributed by atoms with van der Waals surface area (Å²) in [6.07, 6.45) is 7.52. The second kappa shape index (κ2) is 7.48. The quantitative estimate of drug-likeness (QED) is 0.842. The maximum atomic E-state index is 5.85. The fraction of sp³-hybridized carbons (Fsp3) is 0.750. The molecule has 0 aliphatic heterocycles. The van der Waals surface area contributed by atoms with Gasteiger partial charge in [0.15, 0.2) is 0 Å². The van der Waals surface area contributed by atoms with Crippen molar-refractivity contribution in [2.24, 2.45) is 5.92 Å². The van der Waals surface area contributed by atoms with Gasteiger partial charge in [0.2, 0.25) is 5.95 Å². The minimum atomic E-state index is 0.347. The van der Waals surface area contributed by atoms with Gasteiger partial charge in [0.25, 0.3) is 0 Å². The Balaban J connectivity index is 2.04. The minimum Gasteiger partial charge on any atom is -0.370 e. The Kier molecular flexibility index (Phi) is 5.65. The Hall–Kier alpha value is -1.52. The number of nitrogens with two attached hydrogens (primary N) is 1. The van der Waals surface area contributed by atoms with Crippen LogP contribution in [-0.4, -0.2) is 29.6 Å². The molecular weight excluding hydrogens is 262 g/mol. The molecule has 1 aromatic rings. The van der Waals surface area contributed by atoms with Crippen molar-refractivity contribution < 1.29 is 0 Å². The predicted molar refractivity (Wildman–Crippen MR) is 89.7 cm³/mol. The fourth-order valence-electron chi connectivity index (χ4n) is 3.10. The van der Waals surface area contributed by atoms with Gasteiger partial charge >= 0.3 is 0 Å². The number of rotatable bonds is 6. The van der Waals surface area contributed by atoms with E-state index in [1.807, 2.05) is 6.07 Å². The number of aromatic nitrogens is 2. The first-order valence-corrected chi connectivity index (χ1v) is 8.25. The van der Waals surface area contributed by atoms with Gasteiger partial charge in [-0.05, 0) is 38.0 Å². The van der Waals surface area contributed by atoms with Crippen molar-refractivity contribution in [1.29, 1.82) is 0 Å². The lowest BCUT2D eigenvalue weighted by atomic mass is 9.84. The van der Waals surface area contributed by atoms with Crippen LogP contribution in [-0.2, 0) is 0 Å². The summed E-state index contributed by atoms with van der Waals surface area (Å²) in [5.41, 5.74) is 5.85. The van der Waals surface area contributed by atoms with E-state index in [9.17, 15) is 0 Å². The van der Waals surface area contributed by atoms with Crippen LogP contribution in [0.4, 0.5) is 17.6 Å². The molecule has 1 heterocycles. The topological polar surface area (TPSA) is 67.1 Å². The summed E-state index contributed by atoms with van der Waals surface area (Å²) in [6, 6.07) is 2.58. The Morgan fingerprint density at radius 1 is 1.24 bits per heavy atom. The molecule has 1 fully saturated rings. The van der Waals surface area contributed by atoms with Gasteiger partial charge in [-0.1, -0.05) is 20.3 Å². The van der Waals surface area contributed by atoms with E-state index < -0.39 is 0 Å². The molecule has 3 N–H and O–H groups in total. The predicted octanol–water partition coefficient (Wildman–Crippen LogP) is 3.29. The lowest BCUT2D eigenvalue weighted by Gasteiger charge is -2.35. The van der Waals surface area contributed by atoms with Gasteiger partial charge in [-0.2, -0.15) is 9.97 Å². The van der Waals surface area contributed by atoms with Crippen molar-refractivity contribution in [1.82, 2.24) is 9.97 Å². The van der Waals surface area contributed by atoms with Gasteiger partial charge in [0.1, 0.15) is 11.6 Å². The van der Waals surface area contributed by atoms with Crippen molar-refractivity contribution in [3.05, 3.63) is 6.07 Å². The molecule has 1 aliphatic carbocycles. The van der Waals surface area contributed by atoms with Gasteiger partial charge in [0, 0.05) is 25.7 Å². The van der Waals surface area contributed by atoms with Gasteiger partial charge in [-0.15, -0.1) is 0 Å². The number of hydrogen-bond acceptors (Lipinski definition) is 5. The zero-order chi connectivity index (χ0) is 15.2. The monoisotopic (exact) mass is 291 g/mol. The van der Waals surface area contributed by atoms with Gasteiger partial charge < -0.3 is 16.0 Å². The highest BCUT2D eigenvalue weighted by Crippen LogP contribution is 2.31. The van der Waals surface area contributed by atoms with Crippen LogP contribution in [0.1, 0.15) is 52.4 Å². The molecule has 0 radical (unpaired) electrons. The van der Waals surface area contributed by atoms with Gasteiger partial charge in [-0.25, -0.2) is 0 Å². The lowest BCUT2D eigenvalue weighted by Crippen LogP contribution is -2.35. The summed E-state index contributed by atoms with van der Waals surface area (Å²) < 4.78 is 0. The van der Waals surface area contributed by atoms with Crippen LogP contribution >= 0.6 is 0 Å². The minimum absolute atomic E-state index is 0.347. The molecular formula is C16H29N5. The van der Waals surface area contributed by atoms with E-state index in [1.165, 1.54) is 32.1 Å². The number of nitrogen functional groups attached to an aromatic ring is 1. The maximum absolute atomic E-state index is 5.85. The number of nitrogens with zero attached hydrogens (tertiary/aromatic N) is 3. The lowest BCUT2D eigenvalue weighted by molar-refractivity contribution is 0.313. The largest absolute Gasteiger partial charge is 0.370 e. The van der Waals surface area contributed by atoms with Crippen LogP contribution in [0.15, 0.2) is 6.07 Å². The summed E-state index contributed by atoms with van der Waals surface area (Å²) >= 11 is 0. The average Bonchev–Trinajstić information content (AvgIpc) is 2.51. The van der Waals surface area contributed by atoms with E-state index in [-0.39, 0.29) is 0 Å². The Labute approximate surface area is 128 Å². The first-order valence-electron chi connectivity index (χ1n) is 8.25. The first-order chi connectivity index (χ1) is 10.1. The molecule has 0 saturated heterocycles. The third-order valence-electron chi connectivity index (χ3n) is 4.59. The summed E-state index contributed by atoms with van der Waals surface area (Å²) in [4.78, 5) is 10.9. The van der Waals surface area contributed by atoms with Gasteiger partial charge in [0.05, 0.1) is 0 Å². The Bertz CT molecular complexity index is 440. The van der Waals surface area contributed by atoms with Crippen LogP contribution in [0.3, 0.4) is 0 Å². The van der Waals surface area contributed by atoms with Gasteiger partial charge in [-0.3, -0.25) is 0 Å². The smallest absolute Gasteiger partial charge is 0.223 e. The molecule has 0 bridgehead atoms. The van der Waals surface area contributed by atoms with E-state index >= 15 is 0 Å². The third kappa shape index (κ3) is 4.22. The van der Waals surface area contributed by atoms with Crippen LogP contribution < -0.4 is 16.0 Å². The van der Waals surface area contributed by atoms with Crippen molar-refractivity contribution >= 4 is 17.6 Å². The number of hydrogen-bond donors (Lipinski definition) is 2. The van der Waals surface area contributed by atoms with E-state index in [0.29, 0.717) is 12.0 Å². The zero-order valence-corrected chi connectivity index (χ0v) is 13.6. The molecule has 1 saturated carbocycles. The number of nitrogens with one attached hydrogen (secondary N) is 1. The van der Waals surface area contributed by atoms with E-state index in [2.05, 4.69) is 41.1 Å². The highest BCUT2D eigenvalue weighted by Gasteiger charge is 2.24. The second-order valence-corrected chi connectivity index (χ2v) is 6.09. The number of anilines is 3. The molecule has 0 atom stereocenters. The van der Waals surface area contributed by atoms with Crippen LogP contribution in [0.2, 0.25) is 0 Å². The summed E-state index contributed by atoms with van der Waals surface area (Å²) in [5, 5.41) is 3.29. The van der Waals surface area contributed by atoms with Crippen LogP contribution in [0.25, 0.3) is 0 Å². The van der Waals surface area contributed by atoms with E-state index in [4.69, 9.17) is 5.73 Å². The molecule has 2 rings (SSSR count). The standard InChI is InChI=1S/C16H29N5/c1-4-10-18-14-11-15(20-16(17)19-14)21(3)13-8-6-12(5-2)7-9-13/h11-13H,4-10H2,1-3H3,(H3,17,18,19,20). The zero-order valence-electron chi connectivity index (χ0n) is 13.6. The highest BCUT2D eigenvalue weighted by molar-refractivity contribution is 5.52. The summed E-state index contributed by atoms with van der Waals surface area (Å²) in [5.74, 6) is 3.02. The summed E-state index contributed by atoms with van der Waals surface area (Å²) in [7, 11) is 2.13. The first kappa shape index (κ1) is 15.9. The Morgan fingerprint density at radius 2 is 1.95 bits per heavy atom. The molecule has 5 nitrogen and oxygen atoms in total. The molecule has 1 aromatic heterocycles. The highest BCUT2D eigenvalue weighted by atomic mass is 15.2. The molecule has 118 valence electrons. The fourth-order valence-corrected chi connectivity index (χ4v) is 3.10. The van der Waals surface area contributed by atoms with E-state index in [1.54, 1.807) is 0 Å². The summed E-state index contributed by atoms with van der Waals surface area (Å²) in [6.45, 7) is 5.34.